The molecular formula is C12H13NO2. The van der Waals surface area contributed by atoms with Gasteiger partial charge in [-0.2, -0.15) is 5.26 Å². The molecule has 0 aromatic heterocycles. The van der Waals surface area contributed by atoms with E-state index in [9.17, 15) is 4.79 Å². The number of ketones is 1. The van der Waals surface area contributed by atoms with Gasteiger partial charge in [0.1, 0.15) is 5.75 Å². The fraction of sp³-hybridized carbons (Fsp3) is 0.333. The molecule has 0 aliphatic carbocycles. The van der Waals surface area contributed by atoms with Gasteiger partial charge in [0.05, 0.1) is 19.1 Å². The summed E-state index contributed by atoms with van der Waals surface area (Å²) in [7, 11) is 0. The molecule has 0 unspecified atom stereocenters. The molecule has 0 amide bonds. The maximum Gasteiger partial charge on any atom is 0.177 e. The SMILES string of the molecule is CCCOc1cccc(C(=O)CC#N)c1. The summed E-state index contributed by atoms with van der Waals surface area (Å²) in [5.74, 6) is 0.514. The van der Waals surface area contributed by atoms with Crippen LogP contribution in [0.5, 0.6) is 5.75 Å². The Morgan fingerprint density at radius 1 is 1.53 bits per heavy atom. The number of hydrogen-bond acceptors (Lipinski definition) is 3. The molecule has 0 saturated heterocycles. The minimum absolute atomic E-state index is 0.0861. The van der Waals surface area contributed by atoms with Gasteiger partial charge in [-0.05, 0) is 18.6 Å². The van der Waals surface area contributed by atoms with Crippen molar-refractivity contribution >= 4 is 5.78 Å². The van der Waals surface area contributed by atoms with Crippen LogP contribution in [0.25, 0.3) is 0 Å². The van der Waals surface area contributed by atoms with Crippen LogP contribution >= 0.6 is 0 Å². The van der Waals surface area contributed by atoms with Gasteiger partial charge in [-0.1, -0.05) is 19.1 Å². The highest BCUT2D eigenvalue weighted by Crippen LogP contribution is 2.14. The number of carbonyl (C=O) groups excluding carboxylic acids is 1. The molecule has 0 N–H and O–H groups in total. The summed E-state index contributed by atoms with van der Waals surface area (Å²) in [4.78, 5) is 11.4. The van der Waals surface area contributed by atoms with E-state index in [-0.39, 0.29) is 12.2 Å². The Morgan fingerprint density at radius 3 is 3.00 bits per heavy atom. The first kappa shape index (κ1) is 11.3. The largest absolute Gasteiger partial charge is 0.494 e. The van der Waals surface area contributed by atoms with E-state index in [1.807, 2.05) is 13.0 Å². The minimum Gasteiger partial charge on any atom is -0.494 e. The molecule has 0 aliphatic heterocycles. The third-order valence-corrected chi connectivity index (χ3v) is 1.87. The maximum atomic E-state index is 11.4. The third kappa shape index (κ3) is 3.43. The number of Topliss-reactive ketones (excluding diaryl/α,β-unsaturated/α-hetero) is 1. The van der Waals surface area contributed by atoms with Gasteiger partial charge >= 0.3 is 0 Å². The lowest BCUT2D eigenvalue weighted by molar-refractivity contribution is 0.0997. The highest BCUT2D eigenvalue weighted by atomic mass is 16.5. The third-order valence-electron chi connectivity index (χ3n) is 1.87. The Bertz CT molecular complexity index is 379. The van der Waals surface area contributed by atoms with E-state index < -0.39 is 0 Å². The highest BCUT2D eigenvalue weighted by Gasteiger charge is 2.05. The fourth-order valence-corrected chi connectivity index (χ4v) is 1.15. The minimum atomic E-state index is -0.167. The van der Waals surface area contributed by atoms with Crippen LogP contribution in [-0.4, -0.2) is 12.4 Å². The van der Waals surface area contributed by atoms with Crippen molar-refractivity contribution in [2.45, 2.75) is 19.8 Å². The van der Waals surface area contributed by atoms with Crippen molar-refractivity contribution in [1.29, 1.82) is 5.26 Å². The average Bonchev–Trinajstić information content (AvgIpc) is 2.27. The number of carbonyl (C=O) groups is 1. The molecule has 78 valence electrons. The van der Waals surface area contributed by atoms with Gasteiger partial charge in [0, 0.05) is 5.56 Å². The summed E-state index contributed by atoms with van der Waals surface area (Å²) in [5, 5.41) is 8.41. The number of nitriles is 1. The molecule has 15 heavy (non-hydrogen) atoms. The van der Waals surface area contributed by atoms with Gasteiger partial charge in [0.2, 0.25) is 0 Å². The summed E-state index contributed by atoms with van der Waals surface area (Å²) < 4.78 is 5.39. The molecule has 0 fully saturated rings. The number of nitrogens with zero attached hydrogens (tertiary/aromatic N) is 1. The van der Waals surface area contributed by atoms with Crippen LogP contribution in [0.4, 0.5) is 0 Å². The molecular weight excluding hydrogens is 190 g/mol. The number of hydrogen-bond donors (Lipinski definition) is 0. The van der Waals surface area contributed by atoms with E-state index in [4.69, 9.17) is 10.00 Å². The molecule has 0 aliphatic rings. The van der Waals surface area contributed by atoms with Crippen molar-refractivity contribution in [2.75, 3.05) is 6.61 Å². The molecule has 1 rings (SSSR count). The second kappa shape index (κ2) is 5.82. The Balaban J connectivity index is 2.74. The van der Waals surface area contributed by atoms with E-state index in [1.165, 1.54) is 0 Å². The van der Waals surface area contributed by atoms with Crippen LogP contribution in [-0.2, 0) is 0 Å². The summed E-state index contributed by atoms with van der Waals surface area (Å²) >= 11 is 0. The van der Waals surface area contributed by atoms with E-state index in [1.54, 1.807) is 24.3 Å². The topological polar surface area (TPSA) is 50.1 Å². The summed E-state index contributed by atoms with van der Waals surface area (Å²) in [5.41, 5.74) is 0.533. The lowest BCUT2D eigenvalue weighted by Gasteiger charge is -2.05. The van der Waals surface area contributed by atoms with Gasteiger partial charge in [-0.25, -0.2) is 0 Å². The van der Waals surface area contributed by atoms with E-state index in [2.05, 4.69) is 0 Å². The first-order valence-electron chi connectivity index (χ1n) is 4.91. The van der Waals surface area contributed by atoms with Gasteiger partial charge in [-0.3, -0.25) is 4.79 Å². The van der Waals surface area contributed by atoms with Crippen LogP contribution in [0.2, 0.25) is 0 Å². The van der Waals surface area contributed by atoms with E-state index in [0.29, 0.717) is 17.9 Å². The van der Waals surface area contributed by atoms with Crippen LogP contribution in [0.15, 0.2) is 24.3 Å². The van der Waals surface area contributed by atoms with Crippen molar-refractivity contribution < 1.29 is 9.53 Å². The molecule has 0 spiro atoms. The number of rotatable bonds is 5. The van der Waals surface area contributed by atoms with Crippen molar-refractivity contribution in [3.8, 4) is 11.8 Å². The Hall–Kier alpha value is -1.82. The number of ether oxygens (including phenoxy) is 1. The number of benzene rings is 1. The van der Waals surface area contributed by atoms with Gasteiger partial charge < -0.3 is 4.74 Å². The van der Waals surface area contributed by atoms with Crippen molar-refractivity contribution in [3.63, 3.8) is 0 Å². The van der Waals surface area contributed by atoms with Gasteiger partial charge in [0.15, 0.2) is 5.78 Å². The normalized spacial score (nSPS) is 9.33. The standard InChI is InChI=1S/C12H13NO2/c1-2-8-15-11-5-3-4-10(9-11)12(14)6-7-13/h3-5,9H,2,6,8H2,1H3. The second-order valence-electron chi connectivity index (χ2n) is 3.13. The van der Waals surface area contributed by atoms with Crippen molar-refractivity contribution in [2.24, 2.45) is 0 Å². The van der Waals surface area contributed by atoms with Crippen LogP contribution in [0.1, 0.15) is 30.1 Å². The molecule has 0 heterocycles. The van der Waals surface area contributed by atoms with E-state index >= 15 is 0 Å². The van der Waals surface area contributed by atoms with Gasteiger partial charge in [0.25, 0.3) is 0 Å². The summed E-state index contributed by atoms with van der Waals surface area (Å²) in [6.07, 6.45) is 0.841. The predicted molar refractivity (Wildman–Crippen MR) is 56.8 cm³/mol. The lowest BCUT2D eigenvalue weighted by atomic mass is 10.1. The van der Waals surface area contributed by atoms with Crippen molar-refractivity contribution in [3.05, 3.63) is 29.8 Å². The molecule has 3 nitrogen and oxygen atoms in total. The molecule has 3 heteroatoms. The summed E-state index contributed by atoms with van der Waals surface area (Å²) in [6.45, 7) is 2.65. The zero-order valence-electron chi connectivity index (χ0n) is 8.69. The maximum absolute atomic E-state index is 11.4. The first-order valence-corrected chi connectivity index (χ1v) is 4.91. The molecule has 0 atom stereocenters. The fourth-order valence-electron chi connectivity index (χ4n) is 1.15. The predicted octanol–water partition coefficient (Wildman–Crippen LogP) is 2.57. The zero-order valence-corrected chi connectivity index (χ0v) is 8.69. The zero-order chi connectivity index (χ0) is 11.1. The van der Waals surface area contributed by atoms with Crippen LogP contribution in [0, 0.1) is 11.3 Å². The second-order valence-corrected chi connectivity index (χ2v) is 3.13. The Kier molecular flexibility index (Phi) is 4.36. The molecule has 0 radical (unpaired) electrons. The Morgan fingerprint density at radius 2 is 2.33 bits per heavy atom. The Labute approximate surface area is 89.3 Å². The average molecular weight is 203 g/mol. The summed E-state index contributed by atoms with van der Waals surface area (Å²) in [6, 6.07) is 8.77. The quantitative estimate of drug-likeness (QED) is 0.691. The van der Waals surface area contributed by atoms with E-state index in [0.717, 1.165) is 6.42 Å². The molecule has 0 bridgehead atoms. The van der Waals surface area contributed by atoms with Gasteiger partial charge in [-0.15, -0.1) is 0 Å². The highest BCUT2D eigenvalue weighted by molar-refractivity contribution is 5.97. The monoisotopic (exact) mass is 203 g/mol. The van der Waals surface area contributed by atoms with Crippen LogP contribution < -0.4 is 4.74 Å². The van der Waals surface area contributed by atoms with Crippen LogP contribution in [0.3, 0.4) is 0 Å². The molecule has 1 aromatic carbocycles. The molecule has 0 saturated carbocycles. The lowest BCUT2D eigenvalue weighted by Crippen LogP contribution is -1.99. The first-order chi connectivity index (χ1) is 7.27. The smallest absolute Gasteiger partial charge is 0.177 e. The molecule has 1 aromatic rings. The van der Waals surface area contributed by atoms with Crippen molar-refractivity contribution in [1.82, 2.24) is 0 Å².